The molecular formula is C29H48O4. The van der Waals surface area contributed by atoms with E-state index in [0.29, 0.717) is 35.5 Å². The van der Waals surface area contributed by atoms with Crippen LogP contribution >= 0.6 is 0 Å². The van der Waals surface area contributed by atoms with Gasteiger partial charge in [-0.1, -0.05) is 66.5 Å². The van der Waals surface area contributed by atoms with Crippen molar-refractivity contribution >= 4 is 5.97 Å². The van der Waals surface area contributed by atoms with Gasteiger partial charge < -0.3 is 14.2 Å². The highest BCUT2D eigenvalue weighted by atomic mass is 16.6. The Kier molecular flexibility index (Phi) is 7.65. The summed E-state index contributed by atoms with van der Waals surface area (Å²) in [5.41, 5.74) is -1.01. The fourth-order valence-electron chi connectivity index (χ4n) is 7.59. The minimum atomic E-state index is -1.01. The summed E-state index contributed by atoms with van der Waals surface area (Å²) >= 11 is 0. The number of hydrogen-bond donors (Lipinski definition) is 0. The molecule has 10 atom stereocenters. The summed E-state index contributed by atoms with van der Waals surface area (Å²) in [6.07, 6.45) is 12.4. The maximum Gasteiger partial charge on any atom is 0.341 e. The maximum absolute atomic E-state index is 13.6. The van der Waals surface area contributed by atoms with Crippen LogP contribution in [0.4, 0.5) is 0 Å². The molecule has 2 bridgehead atoms. The van der Waals surface area contributed by atoms with Gasteiger partial charge >= 0.3 is 5.97 Å². The van der Waals surface area contributed by atoms with E-state index in [1.807, 2.05) is 0 Å². The van der Waals surface area contributed by atoms with Gasteiger partial charge in [0.05, 0.1) is 19.3 Å². The molecule has 0 aromatic heterocycles. The monoisotopic (exact) mass is 460 g/mol. The Bertz CT molecular complexity index is 714. The average molecular weight is 461 g/mol. The first-order valence-corrected chi connectivity index (χ1v) is 13.8. The Morgan fingerprint density at radius 1 is 0.848 bits per heavy atom. The Hall–Kier alpha value is -0.870. The lowest BCUT2D eigenvalue weighted by atomic mass is 9.74. The third-order valence-electron chi connectivity index (χ3n) is 9.57. The molecule has 4 nitrogen and oxygen atoms in total. The van der Waals surface area contributed by atoms with Crippen LogP contribution in [0.25, 0.3) is 0 Å². The number of rotatable bonds is 7. The Labute approximate surface area is 202 Å². The third-order valence-corrected chi connectivity index (χ3v) is 9.57. The van der Waals surface area contributed by atoms with Gasteiger partial charge in [0.15, 0.2) is 5.60 Å². The Balaban J connectivity index is 1.66. The molecule has 0 spiro atoms. The molecule has 4 aliphatic rings. The fourth-order valence-corrected chi connectivity index (χ4v) is 7.59. The minimum Gasteiger partial charge on any atom is -0.467 e. The lowest BCUT2D eigenvalue weighted by Crippen LogP contribution is -2.60. The van der Waals surface area contributed by atoms with Gasteiger partial charge in [-0.2, -0.15) is 0 Å². The van der Waals surface area contributed by atoms with E-state index in [2.05, 4.69) is 53.7 Å². The first kappa shape index (κ1) is 25.2. The summed E-state index contributed by atoms with van der Waals surface area (Å²) in [5, 5.41) is 0. The zero-order valence-electron chi connectivity index (χ0n) is 22.1. The van der Waals surface area contributed by atoms with Gasteiger partial charge in [-0.3, -0.25) is 0 Å². The SMILES string of the molecule is COC(=O)C1(OC2CC(C)CCC2C(C)C)C2C=CC(C2)C1OC1CC(C)CCC1C(C)C. The zero-order chi connectivity index (χ0) is 23.9. The molecule has 4 aliphatic carbocycles. The number of ether oxygens (including phenoxy) is 3. The number of fused-ring (bicyclic) bond motifs is 2. The Morgan fingerprint density at radius 3 is 2.00 bits per heavy atom. The maximum atomic E-state index is 13.6. The molecule has 3 fully saturated rings. The molecule has 188 valence electrons. The van der Waals surface area contributed by atoms with E-state index in [4.69, 9.17) is 14.2 Å². The third kappa shape index (κ3) is 4.68. The van der Waals surface area contributed by atoms with Gasteiger partial charge in [-0.05, 0) is 67.6 Å². The summed E-state index contributed by atoms with van der Waals surface area (Å²) in [5.74, 6) is 3.47. The highest BCUT2D eigenvalue weighted by Gasteiger charge is 2.65. The van der Waals surface area contributed by atoms with Crippen LogP contribution in [0, 0.1) is 47.3 Å². The first-order chi connectivity index (χ1) is 15.7. The van der Waals surface area contributed by atoms with Crippen LogP contribution < -0.4 is 0 Å². The molecule has 3 saturated carbocycles. The van der Waals surface area contributed by atoms with Crippen molar-refractivity contribution in [3.63, 3.8) is 0 Å². The normalized spacial score (nSPS) is 45.2. The van der Waals surface area contributed by atoms with Crippen molar-refractivity contribution in [2.24, 2.45) is 47.3 Å². The molecule has 0 aromatic rings. The van der Waals surface area contributed by atoms with Gasteiger partial charge in [0.2, 0.25) is 0 Å². The predicted octanol–water partition coefficient (Wildman–Crippen LogP) is 6.43. The largest absolute Gasteiger partial charge is 0.467 e. The smallest absolute Gasteiger partial charge is 0.341 e. The van der Waals surface area contributed by atoms with Crippen LogP contribution in [0.2, 0.25) is 0 Å². The van der Waals surface area contributed by atoms with Crippen LogP contribution in [-0.4, -0.2) is 37.0 Å². The molecule has 0 N–H and O–H groups in total. The van der Waals surface area contributed by atoms with E-state index in [-0.39, 0.29) is 36.1 Å². The Morgan fingerprint density at radius 2 is 1.42 bits per heavy atom. The van der Waals surface area contributed by atoms with Gasteiger partial charge in [-0.25, -0.2) is 4.79 Å². The van der Waals surface area contributed by atoms with E-state index >= 15 is 0 Å². The predicted molar refractivity (Wildman–Crippen MR) is 132 cm³/mol. The molecule has 10 unspecified atom stereocenters. The van der Waals surface area contributed by atoms with Crippen molar-refractivity contribution in [2.45, 2.75) is 110 Å². The topological polar surface area (TPSA) is 44.8 Å². The molecule has 0 aliphatic heterocycles. The molecule has 33 heavy (non-hydrogen) atoms. The summed E-state index contributed by atoms with van der Waals surface area (Å²) in [4.78, 5) is 13.6. The summed E-state index contributed by atoms with van der Waals surface area (Å²) in [7, 11) is 1.52. The summed E-state index contributed by atoms with van der Waals surface area (Å²) < 4.78 is 19.6. The summed E-state index contributed by atoms with van der Waals surface area (Å²) in [6.45, 7) is 13.9. The van der Waals surface area contributed by atoms with Crippen molar-refractivity contribution < 1.29 is 19.0 Å². The van der Waals surface area contributed by atoms with Gasteiger partial charge in [0, 0.05) is 11.8 Å². The lowest BCUT2D eigenvalue weighted by Gasteiger charge is -2.48. The molecule has 0 saturated heterocycles. The summed E-state index contributed by atoms with van der Waals surface area (Å²) in [6, 6.07) is 0. The van der Waals surface area contributed by atoms with E-state index in [1.165, 1.54) is 32.8 Å². The number of methoxy groups -OCH3 is 1. The molecule has 0 aromatic carbocycles. The van der Waals surface area contributed by atoms with Gasteiger partial charge in [0.1, 0.15) is 6.10 Å². The van der Waals surface area contributed by atoms with E-state index in [1.54, 1.807) is 0 Å². The number of carbonyl (C=O) groups excluding carboxylic acids is 1. The number of carbonyl (C=O) groups is 1. The van der Waals surface area contributed by atoms with Crippen molar-refractivity contribution in [1.29, 1.82) is 0 Å². The molecule has 0 radical (unpaired) electrons. The second-order valence-corrected chi connectivity index (χ2v) is 12.6. The van der Waals surface area contributed by atoms with Gasteiger partial charge in [-0.15, -0.1) is 0 Å². The highest BCUT2D eigenvalue weighted by Crippen LogP contribution is 2.54. The first-order valence-electron chi connectivity index (χ1n) is 13.8. The molecule has 0 heterocycles. The fraction of sp³-hybridized carbons (Fsp3) is 0.897. The number of hydrogen-bond acceptors (Lipinski definition) is 4. The quantitative estimate of drug-likeness (QED) is 0.324. The van der Waals surface area contributed by atoms with Crippen LogP contribution in [-0.2, 0) is 19.0 Å². The van der Waals surface area contributed by atoms with Crippen LogP contribution in [0.1, 0.15) is 86.5 Å². The average Bonchev–Trinajstić information content (AvgIpc) is 3.35. The zero-order valence-corrected chi connectivity index (χ0v) is 22.1. The molecule has 4 heteroatoms. The standard InChI is InChI=1S/C29H48O4/c1-17(2)23-12-8-19(5)14-25(23)32-27-21-10-11-22(16-21)29(27,28(30)31-7)33-26-15-20(6)9-13-24(26)18(3)4/h10-11,17-27H,8-9,12-16H2,1-7H3. The van der Waals surface area contributed by atoms with Crippen molar-refractivity contribution in [1.82, 2.24) is 0 Å². The lowest BCUT2D eigenvalue weighted by molar-refractivity contribution is -0.233. The van der Waals surface area contributed by atoms with E-state index in [9.17, 15) is 4.79 Å². The molecule has 0 amide bonds. The number of esters is 1. The van der Waals surface area contributed by atoms with Crippen molar-refractivity contribution in [3.8, 4) is 0 Å². The van der Waals surface area contributed by atoms with Crippen LogP contribution in [0.3, 0.4) is 0 Å². The second kappa shape index (κ2) is 10.0. The van der Waals surface area contributed by atoms with Crippen LogP contribution in [0.5, 0.6) is 0 Å². The second-order valence-electron chi connectivity index (χ2n) is 12.6. The van der Waals surface area contributed by atoms with E-state index < -0.39 is 5.60 Å². The molecular weight excluding hydrogens is 412 g/mol. The van der Waals surface area contributed by atoms with Crippen molar-refractivity contribution in [3.05, 3.63) is 12.2 Å². The van der Waals surface area contributed by atoms with Crippen molar-refractivity contribution in [2.75, 3.05) is 7.11 Å². The minimum absolute atomic E-state index is 0.0449. The van der Waals surface area contributed by atoms with Crippen LogP contribution in [0.15, 0.2) is 12.2 Å². The van der Waals surface area contributed by atoms with E-state index in [0.717, 1.165) is 19.3 Å². The molecule has 4 rings (SSSR count). The highest BCUT2D eigenvalue weighted by molar-refractivity contribution is 5.82. The van der Waals surface area contributed by atoms with Gasteiger partial charge in [0.25, 0.3) is 0 Å².